The van der Waals surface area contributed by atoms with Gasteiger partial charge in [-0.15, -0.1) is 0 Å². The number of nitrogens with zero attached hydrogens (tertiary/aromatic N) is 1. The molecule has 2 nitrogen and oxygen atoms in total. The molecule has 0 saturated carbocycles. The van der Waals surface area contributed by atoms with E-state index in [9.17, 15) is 0 Å². The smallest absolute Gasteiger partial charge is 0.106 e. The minimum absolute atomic E-state index is 0.478. The molecule has 0 fully saturated rings. The van der Waals surface area contributed by atoms with Crippen molar-refractivity contribution in [1.29, 1.82) is 0 Å². The van der Waals surface area contributed by atoms with Gasteiger partial charge in [0.05, 0.1) is 0 Å². The number of benzene rings is 1. The van der Waals surface area contributed by atoms with Crippen molar-refractivity contribution >= 4 is 22.9 Å². The van der Waals surface area contributed by atoms with Crippen molar-refractivity contribution < 1.29 is 0 Å². The molecule has 17 heavy (non-hydrogen) atoms. The van der Waals surface area contributed by atoms with Gasteiger partial charge in [-0.25, -0.2) is 0 Å². The number of hydrogen-bond acceptors (Lipinski definition) is 2. The second-order valence-corrected chi connectivity index (χ2v) is 4.90. The van der Waals surface area contributed by atoms with Crippen LogP contribution in [0.15, 0.2) is 18.2 Å². The summed E-state index contributed by atoms with van der Waals surface area (Å²) in [6.45, 7) is 5.37. The molecule has 1 aromatic carbocycles. The van der Waals surface area contributed by atoms with E-state index in [1.807, 2.05) is 12.1 Å². The van der Waals surface area contributed by atoms with Gasteiger partial charge in [-0.3, -0.25) is 0 Å². The zero-order valence-electron chi connectivity index (χ0n) is 11.0. The number of rotatable bonds is 6. The van der Waals surface area contributed by atoms with E-state index in [1.165, 1.54) is 30.5 Å². The molecular formula is C14H22N2S. The Kier molecular flexibility index (Phi) is 5.42. The molecule has 1 aromatic rings. The normalized spacial score (nSPS) is 10.3. The molecule has 0 aliphatic carbocycles. The zero-order valence-corrected chi connectivity index (χ0v) is 11.8. The fourth-order valence-electron chi connectivity index (χ4n) is 2.08. The Balaban J connectivity index is 2.90. The van der Waals surface area contributed by atoms with Crippen molar-refractivity contribution in [3.05, 3.63) is 29.3 Å². The first kappa shape index (κ1) is 14.0. The molecule has 0 spiro atoms. The Morgan fingerprint density at radius 3 is 2.65 bits per heavy atom. The van der Waals surface area contributed by atoms with Gasteiger partial charge in [-0.05, 0) is 25.0 Å². The van der Waals surface area contributed by atoms with Gasteiger partial charge in [0.2, 0.25) is 0 Å². The number of anilines is 1. The standard InChI is InChI=1S/C14H22N2S/c1-4-5-6-10-16(3)13-11(2)8-7-9-12(13)14(15)17/h7-9H,4-6,10H2,1-3H3,(H2,15,17). The second-order valence-electron chi connectivity index (χ2n) is 4.46. The van der Waals surface area contributed by atoms with E-state index in [0.29, 0.717) is 4.99 Å². The van der Waals surface area contributed by atoms with Crippen molar-refractivity contribution in [3.63, 3.8) is 0 Å². The van der Waals surface area contributed by atoms with Gasteiger partial charge in [0.25, 0.3) is 0 Å². The Labute approximate surface area is 110 Å². The molecule has 0 aromatic heterocycles. The lowest BCUT2D eigenvalue weighted by atomic mass is 10.1. The van der Waals surface area contributed by atoms with Gasteiger partial charge in [-0.1, -0.05) is 44.1 Å². The average Bonchev–Trinajstić information content (AvgIpc) is 2.28. The van der Waals surface area contributed by atoms with E-state index in [2.05, 4.69) is 31.9 Å². The number of para-hydroxylation sites is 1. The molecule has 2 N–H and O–H groups in total. The molecule has 0 bridgehead atoms. The largest absolute Gasteiger partial charge is 0.389 e. The first-order valence-electron chi connectivity index (χ1n) is 6.18. The molecule has 0 atom stereocenters. The molecule has 0 saturated heterocycles. The van der Waals surface area contributed by atoms with Gasteiger partial charge in [0.1, 0.15) is 4.99 Å². The van der Waals surface area contributed by atoms with Crippen LogP contribution in [0.4, 0.5) is 5.69 Å². The van der Waals surface area contributed by atoms with Gasteiger partial charge in [0, 0.05) is 24.8 Å². The molecule has 0 aliphatic heterocycles. The van der Waals surface area contributed by atoms with Crippen molar-refractivity contribution in [2.24, 2.45) is 5.73 Å². The monoisotopic (exact) mass is 250 g/mol. The van der Waals surface area contributed by atoms with Crippen molar-refractivity contribution in [2.45, 2.75) is 33.1 Å². The quantitative estimate of drug-likeness (QED) is 0.621. The van der Waals surface area contributed by atoms with Crippen LogP contribution in [-0.2, 0) is 0 Å². The Morgan fingerprint density at radius 2 is 2.06 bits per heavy atom. The molecule has 0 amide bonds. The molecule has 3 heteroatoms. The Bertz CT molecular complexity index is 388. The molecular weight excluding hydrogens is 228 g/mol. The number of thiocarbonyl (C=S) groups is 1. The molecule has 1 rings (SSSR count). The third kappa shape index (κ3) is 3.70. The zero-order chi connectivity index (χ0) is 12.8. The third-order valence-electron chi connectivity index (χ3n) is 2.98. The first-order chi connectivity index (χ1) is 8.07. The summed E-state index contributed by atoms with van der Waals surface area (Å²) in [5.41, 5.74) is 9.17. The Hall–Kier alpha value is -1.09. The maximum Gasteiger partial charge on any atom is 0.106 e. The lowest BCUT2D eigenvalue weighted by Crippen LogP contribution is -2.24. The molecule has 0 aliphatic rings. The van der Waals surface area contributed by atoms with Crippen LogP contribution in [0, 0.1) is 6.92 Å². The summed E-state index contributed by atoms with van der Waals surface area (Å²) in [6, 6.07) is 6.11. The number of hydrogen-bond donors (Lipinski definition) is 1. The predicted octanol–water partition coefficient (Wildman–Crippen LogP) is 3.26. The average molecular weight is 250 g/mol. The first-order valence-corrected chi connectivity index (χ1v) is 6.59. The van der Waals surface area contributed by atoms with Gasteiger partial charge < -0.3 is 10.6 Å². The van der Waals surface area contributed by atoms with Gasteiger partial charge >= 0.3 is 0 Å². The lowest BCUT2D eigenvalue weighted by molar-refractivity contribution is 0.704. The summed E-state index contributed by atoms with van der Waals surface area (Å²) in [5, 5.41) is 0. The summed E-state index contributed by atoms with van der Waals surface area (Å²) in [7, 11) is 2.11. The van der Waals surface area contributed by atoms with E-state index in [0.717, 1.165) is 12.1 Å². The molecule has 0 radical (unpaired) electrons. The van der Waals surface area contributed by atoms with Crippen molar-refractivity contribution in [3.8, 4) is 0 Å². The number of nitrogens with two attached hydrogens (primary N) is 1. The van der Waals surface area contributed by atoms with Crippen molar-refractivity contribution in [2.75, 3.05) is 18.5 Å². The van der Waals surface area contributed by atoms with Crippen LogP contribution in [0.3, 0.4) is 0 Å². The van der Waals surface area contributed by atoms with Crippen LogP contribution in [0.25, 0.3) is 0 Å². The minimum atomic E-state index is 0.478. The summed E-state index contributed by atoms with van der Waals surface area (Å²) >= 11 is 5.11. The molecule has 0 heterocycles. The molecule has 94 valence electrons. The summed E-state index contributed by atoms with van der Waals surface area (Å²) < 4.78 is 0. The highest BCUT2D eigenvalue weighted by molar-refractivity contribution is 7.80. The van der Waals surface area contributed by atoms with Gasteiger partial charge in [-0.2, -0.15) is 0 Å². The topological polar surface area (TPSA) is 29.3 Å². The van der Waals surface area contributed by atoms with Crippen LogP contribution in [-0.4, -0.2) is 18.6 Å². The molecule has 0 unspecified atom stereocenters. The van der Waals surface area contributed by atoms with E-state index in [-0.39, 0.29) is 0 Å². The highest BCUT2D eigenvalue weighted by atomic mass is 32.1. The highest BCUT2D eigenvalue weighted by Crippen LogP contribution is 2.24. The van der Waals surface area contributed by atoms with E-state index < -0.39 is 0 Å². The lowest BCUT2D eigenvalue weighted by Gasteiger charge is -2.24. The van der Waals surface area contributed by atoms with Gasteiger partial charge in [0.15, 0.2) is 0 Å². The summed E-state index contributed by atoms with van der Waals surface area (Å²) in [4.78, 5) is 2.74. The predicted molar refractivity (Wildman–Crippen MR) is 79.9 cm³/mol. The van der Waals surface area contributed by atoms with Crippen LogP contribution >= 0.6 is 12.2 Å². The SMILES string of the molecule is CCCCCN(C)c1c(C)cccc1C(N)=S. The van der Waals surface area contributed by atoms with Crippen LogP contribution in [0.5, 0.6) is 0 Å². The van der Waals surface area contributed by atoms with Crippen LogP contribution in [0.2, 0.25) is 0 Å². The Morgan fingerprint density at radius 1 is 1.35 bits per heavy atom. The summed E-state index contributed by atoms with van der Waals surface area (Å²) in [5.74, 6) is 0. The van der Waals surface area contributed by atoms with E-state index >= 15 is 0 Å². The maximum atomic E-state index is 5.78. The number of unbranched alkanes of at least 4 members (excludes halogenated alkanes) is 2. The third-order valence-corrected chi connectivity index (χ3v) is 3.20. The highest BCUT2D eigenvalue weighted by Gasteiger charge is 2.11. The number of aryl methyl sites for hydroxylation is 1. The summed E-state index contributed by atoms with van der Waals surface area (Å²) in [6.07, 6.45) is 3.71. The van der Waals surface area contributed by atoms with Crippen LogP contribution < -0.4 is 10.6 Å². The van der Waals surface area contributed by atoms with E-state index in [4.69, 9.17) is 18.0 Å². The fourth-order valence-corrected chi connectivity index (χ4v) is 2.24. The second kappa shape index (κ2) is 6.60. The van der Waals surface area contributed by atoms with Crippen LogP contribution in [0.1, 0.15) is 37.3 Å². The van der Waals surface area contributed by atoms with Crippen molar-refractivity contribution in [1.82, 2.24) is 0 Å². The minimum Gasteiger partial charge on any atom is -0.389 e. The van der Waals surface area contributed by atoms with E-state index in [1.54, 1.807) is 0 Å². The fraction of sp³-hybridized carbons (Fsp3) is 0.500. The maximum absolute atomic E-state index is 5.78.